The topological polar surface area (TPSA) is 37.3 Å². The second-order valence-corrected chi connectivity index (χ2v) is 13.5. The van der Waals surface area contributed by atoms with Crippen molar-refractivity contribution in [1.29, 1.82) is 0 Å². The Hall–Kier alpha value is -0.630. The SMILES string of the molecule is CC(C)=C(C)C(=O)CC(C)(C)C1CCC2C3CCC4CC(O)CCC4(C)C3CCC21C. The average Bonchev–Trinajstić information content (AvgIpc) is 3.05. The van der Waals surface area contributed by atoms with Gasteiger partial charge in [-0.05, 0) is 130 Å². The molecule has 0 radical (unpaired) electrons. The zero-order valence-electron chi connectivity index (χ0n) is 21.4. The highest BCUT2D eigenvalue weighted by molar-refractivity contribution is 5.95. The van der Waals surface area contributed by atoms with Crippen molar-refractivity contribution in [3.05, 3.63) is 11.1 Å². The molecule has 4 saturated carbocycles. The van der Waals surface area contributed by atoms with Crippen molar-refractivity contribution in [2.24, 2.45) is 45.8 Å². The Morgan fingerprint density at radius 2 is 1.55 bits per heavy atom. The summed E-state index contributed by atoms with van der Waals surface area (Å²) in [4.78, 5) is 13.0. The molecule has 0 aromatic rings. The Labute approximate surface area is 191 Å². The maximum Gasteiger partial charge on any atom is 0.159 e. The van der Waals surface area contributed by atoms with Gasteiger partial charge in [0.2, 0.25) is 0 Å². The van der Waals surface area contributed by atoms with Crippen LogP contribution < -0.4 is 0 Å². The number of ketones is 1. The number of aliphatic hydroxyl groups is 1. The molecule has 0 heterocycles. The molecule has 176 valence electrons. The van der Waals surface area contributed by atoms with Crippen LogP contribution in [0.4, 0.5) is 0 Å². The van der Waals surface area contributed by atoms with Gasteiger partial charge in [0, 0.05) is 6.42 Å². The van der Waals surface area contributed by atoms with E-state index in [9.17, 15) is 9.90 Å². The van der Waals surface area contributed by atoms with Crippen LogP contribution >= 0.6 is 0 Å². The molecule has 4 rings (SSSR count). The van der Waals surface area contributed by atoms with Crippen molar-refractivity contribution >= 4 is 5.78 Å². The molecule has 4 fully saturated rings. The lowest BCUT2D eigenvalue weighted by atomic mass is 9.44. The average molecular weight is 429 g/mol. The summed E-state index contributed by atoms with van der Waals surface area (Å²) in [7, 11) is 0. The highest BCUT2D eigenvalue weighted by Crippen LogP contribution is 2.69. The van der Waals surface area contributed by atoms with E-state index in [0.717, 1.165) is 42.1 Å². The molecule has 2 nitrogen and oxygen atoms in total. The molecule has 0 saturated heterocycles. The molecule has 0 bridgehead atoms. The number of fused-ring (bicyclic) bond motifs is 5. The van der Waals surface area contributed by atoms with Crippen molar-refractivity contribution in [3.8, 4) is 0 Å². The minimum Gasteiger partial charge on any atom is -0.393 e. The molecule has 31 heavy (non-hydrogen) atoms. The molecule has 0 aliphatic heterocycles. The smallest absolute Gasteiger partial charge is 0.159 e. The first-order valence-corrected chi connectivity index (χ1v) is 13.3. The number of Topliss-reactive ketones (excluding diaryl/α,β-unsaturated/α-hetero) is 1. The van der Waals surface area contributed by atoms with Crippen molar-refractivity contribution in [1.82, 2.24) is 0 Å². The second-order valence-electron chi connectivity index (χ2n) is 13.5. The van der Waals surface area contributed by atoms with E-state index in [2.05, 4.69) is 41.5 Å². The molecular weight excluding hydrogens is 380 g/mol. The summed E-state index contributed by atoms with van der Waals surface area (Å²) in [5.74, 6) is 4.30. The highest BCUT2D eigenvalue weighted by atomic mass is 16.3. The number of carbonyl (C=O) groups is 1. The molecule has 1 N–H and O–H groups in total. The van der Waals surface area contributed by atoms with Crippen LogP contribution in [-0.4, -0.2) is 17.0 Å². The summed E-state index contributed by atoms with van der Waals surface area (Å²) in [5.41, 5.74) is 3.05. The molecule has 0 aromatic heterocycles. The first-order valence-electron chi connectivity index (χ1n) is 13.3. The lowest BCUT2D eigenvalue weighted by molar-refractivity contribution is -0.135. The van der Waals surface area contributed by atoms with E-state index < -0.39 is 0 Å². The lowest BCUT2D eigenvalue weighted by Crippen LogP contribution is -2.54. The Kier molecular flexibility index (Phi) is 6.07. The van der Waals surface area contributed by atoms with Gasteiger partial charge in [-0.25, -0.2) is 0 Å². The van der Waals surface area contributed by atoms with Gasteiger partial charge in [-0.2, -0.15) is 0 Å². The van der Waals surface area contributed by atoms with Gasteiger partial charge in [-0.3, -0.25) is 4.79 Å². The molecule has 4 aliphatic carbocycles. The van der Waals surface area contributed by atoms with Gasteiger partial charge in [0.1, 0.15) is 0 Å². The zero-order valence-corrected chi connectivity index (χ0v) is 21.4. The lowest BCUT2D eigenvalue weighted by Gasteiger charge is -2.61. The quantitative estimate of drug-likeness (QED) is 0.475. The van der Waals surface area contributed by atoms with Crippen LogP contribution in [0.1, 0.15) is 113 Å². The van der Waals surface area contributed by atoms with Gasteiger partial charge in [-0.15, -0.1) is 0 Å². The number of allylic oxidation sites excluding steroid dienone is 2. The Balaban J connectivity index is 1.54. The Bertz CT molecular complexity index is 744. The Morgan fingerprint density at radius 3 is 2.23 bits per heavy atom. The summed E-state index contributed by atoms with van der Waals surface area (Å²) < 4.78 is 0. The molecule has 4 aliphatic rings. The third-order valence-corrected chi connectivity index (χ3v) is 11.4. The van der Waals surface area contributed by atoms with Crippen LogP contribution in [0.5, 0.6) is 0 Å². The van der Waals surface area contributed by atoms with Gasteiger partial charge in [0.15, 0.2) is 5.78 Å². The van der Waals surface area contributed by atoms with E-state index in [4.69, 9.17) is 0 Å². The van der Waals surface area contributed by atoms with Crippen LogP contribution in [0.15, 0.2) is 11.1 Å². The van der Waals surface area contributed by atoms with Crippen molar-refractivity contribution < 1.29 is 9.90 Å². The maximum atomic E-state index is 13.0. The third-order valence-electron chi connectivity index (χ3n) is 11.4. The van der Waals surface area contributed by atoms with Crippen molar-refractivity contribution in [2.45, 2.75) is 119 Å². The van der Waals surface area contributed by atoms with E-state index in [1.807, 2.05) is 6.92 Å². The minimum absolute atomic E-state index is 0.0538. The summed E-state index contributed by atoms with van der Waals surface area (Å²) >= 11 is 0. The van der Waals surface area contributed by atoms with E-state index in [0.29, 0.717) is 29.0 Å². The van der Waals surface area contributed by atoms with Gasteiger partial charge >= 0.3 is 0 Å². The number of aliphatic hydroxyl groups excluding tert-OH is 1. The standard InChI is InChI=1S/C29H48O2/c1-18(2)19(3)25(31)17-27(4,5)26-11-10-23-22-9-8-20-16-21(30)12-14-28(20,6)24(22)13-15-29(23,26)7/h20-24,26,30H,8-17H2,1-7H3. The van der Waals surface area contributed by atoms with Crippen molar-refractivity contribution in [2.75, 3.05) is 0 Å². The minimum atomic E-state index is -0.0538. The highest BCUT2D eigenvalue weighted by Gasteiger charge is 2.61. The molecule has 8 unspecified atom stereocenters. The van der Waals surface area contributed by atoms with Gasteiger partial charge in [-0.1, -0.05) is 33.3 Å². The van der Waals surface area contributed by atoms with E-state index in [1.165, 1.54) is 50.5 Å². The van der Waals surface area contributed by atoms with Crippen LogP contribution in [-0.2, 0) is 4.79 Å². The first kappa shape index (κ1) is 23.5. The summed E-state index contributed by atoms with van der Waals surface area (Å²) in [6.07, 6.45) is 12.0. The summed E-state index contributed by atoms with van der Waals surface area (Å²) in [5, 5.41) is 10.3. The number of hydrogen-bond acceptors (Lipinski definition) is 2. The fourth-order valence-corrected chi connectivity index (χ4v) is 9.47. The van der Waals surface area contributed by atoms with Gasteiger partial charge < -0.3 is 5.11 Å². The molecular formula is C29H48O2. The van der Waals surface area contributed by atoms with Crippen LogP contribution in [0.2, 0.25) is 0 Å². The zero-order chi connectivity index (χ0) is 22.8. The summed E-state index contributed by atoms with van der Waals surface area (Å²) in [6, 6.07) is 0. The molecule has 0 aromatic carbocycles. The van der Waals surface area contributed by atoms with Gasteiger partial charge in [0.05, 0.1) is 6.10 Å². The monoisotopic (exact) mass is 428 g/mol. The maximum absolute atomic E-state index is 13.0. The predicted octanol–water partition coefficient (Wildman–Crippen LogP) is 7.35. The normalized spacial score (nSPS) is 44.8. The fourth-order valence-electron chi connectivity index (χ4n) is 9.47. The number of rotatable bonds is 4. The van der Waals surface area contributed by atoms with Crippen LogP contribution in [0.3, 0.4) is 0 Å². The first-order chi connectivity index (χ1) is 14.4. The largest absolute Gasteiger partial charge is 0.393 e. The predicted molar refractivity (Wildman–Crippen MR) is 129 cm³/mol. The number of carbonyl (C=O) groups excluding carboxylic acids is 1. The number of hydrogen-bond donors (Lipinski definition) is 1. The summed E-state index contributed by atoms with van der Waals surface area (Å²) in [6.45, 7) is 16.1. The van der Waals surface area contributed by atoms with E-state index in [1.54, 1.807) is 0 Å². The van der Waals surface area contributed by atoms with Crippen LogP contribution in [0.25, 0.3) is 0 Å². The van der Waals surface area contributed by atoms with Gasteiger partial charge in [0.25, 0.3) is 0 Å². The molecule has 8 atom stereocenters. The van der Waals surface area contributed by atoms with E-state index in [-0.39, 0.29) is 11.5 Å². The molecule has 0 spiro atoms. The fraction of sp³-hybridized carbons (Fsp3) is 0.897. The van der Waals surface area contributed by atoms with Crippen LogP contribution in [0, 0.1) is 45.8 Å². The second kappa shape index (κ2) is 8.00. The molecule has 0 amide bonds. The Morgan fingerprint density at radius 1 is 0.903 bits per heavy atom. The van der Waals surface area contributed by atoms with Crippen molar-refractivity contribution in [3.63, 3.8) is 0 Å². The third kappa shape index (κ3) is 3.77. The van der Waals surface area contributed by atoms with E-state index >= 15 is 0 Å². The molecule has 2 heteroatoms.